The van der Waals surface area contributed by atoms with Gasteiger partial charge in [-0.1, -0.05) is 23.7 Å². The molecular formula is C16H12ClNO4. The van der Waals surface area contributed by atoms with E-state index in [4.69, 9.17) is 21.2 Å². The van der Waals surface area contributed by atoms with E-state index in [9.17, 15) is 9.59 Å². The summed E-state index contributed by atoms with van der Waals surface area (Å²) >= 11 is 6.08. The fourth-order valence-electron chi connectivity index (χ4n) is 2.21. The summed E-state index contributed by atoms with van der Waals surface area (Å²) in [6.45, 7) is -0.0124. The monoisotopic (exact) mass is 317 g/mol. The van der Waals surface area contributed by atoms with Gasteiger partial charge in [0.05, 0.1) is 18.2 Å². The minimum absolute atomic E-state index is 0.0124. The summed E-state index contributed by atoms with van der Waals surface area (Å²) in [4.78, 5) is 29.7. The van der Waals surface area contributed by atoms with Gasteiger partial charge in [-0.25, -0.2) is 0 Å². The summed E-state index contributed by atoms with van der Waals surface area (Å²) in [6.07, 6.45) is 0. The first-order chi connectivity index (χ1) is 10.6. The van der Waals surface area contributed by atoms with Crippen LogP contribution in [0.3, 0.4) is 0 Å². The van der Waals surface area contributed by atoms with Crippen LogP contribution in [0.5, 0.6) is 5.75 Å². The molecule has 0 saturated heterocycles. The molecule has 112 valence electrons. The molecule has 3 rings (SSSR count). The molecule has 0 aliphatic carbocycles. The van der Waals surface area contributed by atoms with Crippen molar-refractivity contribution in [3.05, 3.63) is 64.2 Å². The van der Waals surface area contributed by atoms with Crippen LogP contribution >= 0.6 is 11.6 Å². The molecule has 22 heavy (non-hydrogen) atoms. The van der Waals surface area contributed by atoms with Gasteiger partial charge in [0.15, 0.2) is 0 Å². The second kappa shape index (κ2) is 5.79. The van der Waals surface area contributed by atoms with E-state index in [1.165, 1.54) is 7.11 Å². The first-order valence-corrected chi connectivity index (χ1v) is 6.92. The number of rotatable bonds is 4. The highest BCUT2D eigenvalue weighted by molar-refractivity contribution is 6.31. The topological polar surface area (TPSA) is 55.8 Å². The predicted molar refractivity (Wildman–Crippen MR) is 79.7 cm³/mol. The Hall–Kier alpha value is -2.37. The Kier molecular flexibility index (Phi) is 3.83. The fourth-order valence-corrected chi connectivity index (χ4v) is 2.38. The highest BCUT2D eigenvalue weighted by atomic mass is 35.5. The maximum absolute atomic E-state index is 12.2. The summed E-state index contributed by atoms with van der Waals surface area (Å²) < 4.78 is 5.11. The molecule has 0 fully saturated rings. The maximum Gasteiger partial charge on any atom is 0.285 e. The van der Waals surface area contributed by atoms with E-state index in [2.05, 4.69) is 0 Å². The summed E-state index contributed by atoms with van der Waals surface area (Å²) in [5.74, 6) is -0.329. The quantitative estimate of drug-likeness (QED) is 0.813. The van der Waals surface area contributed by atoms with Crippen molar-refractivity contribution >= 4 is 23.4 Å². The summed E-state index contributed by atoms with van der Waals surface area (Å²) in [6, 6.07) is 11.7. The average molecular weight is 318 g/mol. The van der Waals surface area contributed by atoms with Crippen LogP contribution in [0.2, 0.25) is 5.02 Å². The number of hydrogen-bond acceptors (Lipinski definition) is 4. The average Bonchev–Trinajstić information content (AvgIpc) is 2.79. The summed E-state index contributed by atoms with van der Waals surface area (Å²) in [5.41, 5.74) is 1.30. The van der Waals surface area contributed by atoms with Crippen LogP contribution in [-0.4, -0.2) is 24.0 Å². The van der Waals surface area contributed by atoms with Gasteiger partial charge in [0.1, 0.15) is 12.4 Å². The Morgan fingerprint density at radius 2 is 1.68 bits per heavy atom. The van der Waals surface area contributed by atoms with E-state index in [-0.39, 0.29) is 6.61 Å². The lowest BCUT2D eigenvalue weighted by Gasteiger charge is -2.14. The number of hydrogen-bond donors (Lipinski definition) is 0. The molecule has 5 nitrogen and oxygen atoms in total. The molecule has 6 heteroatoms. The third kappa shape index (κ3) is 2.45. The van der Waals surface area contributed by atoms with Gasteiger partial charge >= 0.3 is 0 Å². The number of nitrogens with zero attached hydrogens (tertiary/aromatic N) is 1. The first kappa shape index (κ1) is 14.6. The first-order valence-electron chi connectivity index (χ1n) is 6.55. The van der Waals surface area contributed by atoms with Gasteiger partial charge in [0, 0.05) is 10.6 Å². The van der Waals surface area contributed by atoms with Gasteiger partial charge in [0.2, 0.25) is 0 Å². The van der Waals surface area contributed by atoms with Crippen LogP contribution in [0.15, 0.2) is 42.5 Å². The van der Waals surface area contributed by atoms with Crippen molar-refractivity contribution in [3.8, 4) is 5.75 Å². The van der Waals surface area contributed by atoms with Crippen LogP contribution in [0.25, 0.3) is 0 Å². The van der Waals surface area contributed by atoms with Crippen LogP contribution in [0.4, 0.5) is 0 Å². The van der Waals surface area contributed by atoms with Crippen molar-refractivity contribution in [1.29, 1.82) is 0 Å². The number of methoxy groups -OCH3 is 1. The Morgan fingerprint density at radius 3 is 2.27 bits per heavy atom. The van der Waals surface area contributed by atoms with Gasteiger partial charge < -0.3 is 4.74 Å². The van der Waals surface area contributed by atoms with Gasteiger partial charge in [-0.2, -0.15) is 0 Å². The molecule has 1 aliphatic heterocycles. The van der Waals surface area contributed by atoms with Crippen LogP contribution in [0, 0.1) is 0 Å². The zero-order valence-electron chi connectivity index (χ0n) is 11.7. The normalized spacial score (nSPS) is 13.5. The number of carbonyl (C=O) groups is 2. The number of amides is 2. The van der Waals surface area contributed by atoms with Crippen LogP contribution < -0.4 is 4.74 Å². The molecule has 0 N–H and O–H groups in total. The molecule has 1 heterocycles. The van der Waals surface area contributed by atoms with E-state index in [0.29, 0.717) is 27.5 Å². The number of halogens is 1. The SMILES string of the molecule is COc1ccc(Cl)c(CON2C(=O)c3ccccc3C2=O)c1. The van der Waals surface area contributed by atoms with Gasteiger partial charge in [-0.3, -0.25) is 14.4 Å². The van der Waals surface area contributed by atoms with E-state index >= 15 is 0 Å². The minimum atomic E-state index is -0.473. The van der Waals surface area contributed by atoms with Gasteiger partial charge in [-0.15, -0.1) is 5.06 Å². The Labute approximate surface area is 132 Å². The molecule has 2 aromatic carbocycles. The Balaban J connectivity index is 1.78. The Morgan fingerprint density at radius 1 is 1.05 bits per heavy atom. The second-order valence-corrected chi connectivity index (χ2v) is 5.09. The lowest BCUT2D eigenvalue weighted by Crippen LogP contribution is -2.29. The third-order valence-electron chi connectivity index (χ3n) is 3.36. The Bertz CT molecular complexity index is 725. The third-order valence-corrected chi connectivity index (χ3v) is 3.73. The van der Waals surface area contributed by atoms with E-state index in [1.54, 1.807) is 42.5 Å². The second-order valence-electron chi connectivity index (χ2n) is 4.68. The molecule has 0 radical (unpaired) electrons. The minimum Gasteiger partial charge on any atom is -0.497 e. The summed E-state index contributed by atoms with van der Waals surface area (Å²) in [7, 11) is 1.54. The molecule has 0 unspecified atom stereocenters. The standard InChI is InChI=1S/C16H12ClNO4/c1-21-11-6-7-14(17)10(8-11)9-22-18-15(19)12-4-2-3-5-13(12)16(18)20/h2-8H,9H2,1H3. The van der Waals surface area contributed by atoms with Crippen molar-refractivity contribution in [3.63, 3.8) is 0 Å². The molecule has 1 aliphatic rings. The zero-order valence-corrected chi connectivity index (χ0v) is 12.5. The van der Waals surface area contributed by atoms with Crippen molar-refractivity contribution in [2.24, 2.45) is 0 Å². The summed E-state index contributed by atoms with van der Waals surface area (Å²) in [5, 5.41) is 1.23. The van der Waals surface area contributed by atoms with Gasteiger partial charge in [-0.05, 0) is 30.3 Å². The molecule has 0 aromatic heterocycles. The lowest BCUT2D eigenvalue weighted by molar-refractivity contribution is -0.101. The van der Waals surface area contributed by atoms with Crippen molar-refractivity contribution in [2.45, 2.75) is 6.61 Å². The van der Waals surface area contributed by atoms with E-state index < -0.39 is 11.8 Å². The van der Waals surface area contributed by atoms with E-state index in [0.717, 1.165) is 5.06 Å². The molecule has 0 spiro atoms. The molecule has 2 aromatic rings. The highest BCUT2D eigenvalue weighted by Gasteiger charge is 2.36. The van der Waals surface area contributed by atoms with Crippen molar-refractivity contribution in [2.75, 3.05) is 7.11 Å². The number of imide groups is 1. The maximum atomic E-state index is 12.2. The number of hydroxylamine groups is 2. The zero-order chi connectivity index (χ0) is 15.7. The molecule has 2 amide bonds. The van der Waals surface area contributed by atoms with Gasteiger partial charge in [0.25, 0.3) is 11.8 Å². The van der Waals surface area contributed by atoms with Crippen LogP contribution in [0.1, 0.15) is 26.3 Å². The van der Waals surface area contributed by atoms with Crippen molar-refractivity contribution < 1.29 is 19.2 Å². The number of ether oxygens (including phenoxy) is 1. The number of carbonyl (C=O) groups excluding carboxylic acids is 2. The molecule has 0 atom stereocenters. The lowest BCUT2D eigenvalue weighted by atomic mass is 10.1. The van der Waals surface area contributed by atoms with Crippen molar-refractivity contribution in [1.82, 2.24) is 5.06 Å². The molecule has 0 bridgehead atoms. The fraction of sp³-hybridized carbons (Fsp3) is 0.125. The van der Waals surface area contributed by atoms with Crippen LogP contribution in [-0.2, 0) is 11.4 Å². The molecule has 0 saturated carbocycles. The highest BCUT2D eigenvalue weighted by Crippen LogP contribution is 2.26. The smallest absolute Gasteiger partial charge is 0.285 e. The number of fused-ring (bicyclic) bond motifs is 1. The largest absolute Gasteiger partial charge is 0.497 e. The van der Waals surface area contributed by atoms with E-state index in [1.807, 2.05) is 0 Å². The number of benzene rings is 2. The molecular weight excluding hydrogens is 306 g/mol. The predicted octanol–water partition coefficient (Wildman–Crippen LogP) is 3.08.